The molecule has 0 saturated heterocycles. The van der Waals surface area contributed by atoms with E-state index >= 15 is 0 Å². The van der Waals surface area contributed by atoms with Gasteiger partial charge >= 0.3 is 12.1 Å². The van der Waals surface area contributed by atoms with Crippen molar-refractivity contribution in [2.75, 3.05) is 6.54 Å². The van der Waals surface area contributed by atoms with Gasteiger partial charge in [0.05, 0.1) is 0 Å². The van der Waals surface area contributed by atoms with Gasteiger partial charge in [-0.15, -0.1) is 0 Å². The molecule has 4 rings (SSSR count). The van der Waals surface area contributed by atoms with Gasteiger partial charge in [0.2, 0.25) is 6.29 Å². The quantitative estimate of drug-likeness (QED) is 0.0973. The number of esters is 1. The van der Waals surface area contributed by atoms with E-state index in [0.29, 0.717) is 30.7 Å². The maximum atomic E-state index is 13.3. The normalized spacial score (nSPS) is 26.8. The predicted molar refractivity (Wildman–Crippen MR) is 161 cm³/mol. The molecule has 3 aliphatic carbocycles. The van der Waals surface area contributed by atoms with Crippen LogP contribution >= 0.6 is 0 Å². The smallest absolute Gasteiger partial charge is 0.413 e. The molecule has 7 unspecified atom stereocenters. The second-order valence-electron chi connectivity index (χ2n) is 12.7. The van der Waals surface area contributed by atoms with Crippen LogP contribution in [0, 0.1) is 23.7 Å². The molecule has 224 valence electrons. The fraction of sp³-hybridized carbons (Fsp3) is 0.771. The Morgan fingerprint density at radius 2 is 1.35 bits per heavy atom. The molecule has 0 radical (unpaired) electrons. The first-order valence-electron chi connectivity index (χ1n) is 16.8. The number of carbonyl (C=O) groups excluding carboxylic acids is 2. The van der Waals surface area contributed by atoms with Gasteiger partial charge in [-0.05, 0) is 55.4 Å². The Kier molecular flexibility index (Phi) is 12.2. The van der Waals surface area contributed by atoms with Crippen LogP contribution in [0.3, 0.4) is 0 Å². The van der Waals surface area contributed by atoms with Gasteiger partial charge in [-0.2, -0.15) is 0 Å². The minimum Gasteiger partial charge on any atom is -0.425 e. The predicted octanol–water partition coefficient (Wildman–Crippen LogP) is 9.25. The minimum atomic E-state index is -0.863. The molecular weight excluding hydrogens is 498 g/mol. The largest absolute Gasteiger partial charge is 0.425 e. The molecule has 1 amide bonds. The van der Waals surface area contributed by atoms with E-state index in [1.54, 1.807) is 6.92 Å². The molecule has 3 fully saturated rings. The van der Waals surface area contributed by atoms with E-state index in [1.807, 2.05) is 11.8 Å². The van der Waals surface area contributed by atoms with Crippen LogP contribution in [0.4, 0.5) is 4.79 Å². The number of carbonyl (C=O) groups is 2. The van der Waals surface area contributed by atoms with Crippen LogP contribution in [0.5, 0.6) is 0 Å². The van der Waals surface area contributed by atoms with Crippen molar-refractivity contribution in [2.45, 2.75) is 142 Å². The molecule has 0 bridgehead atoms. The lowest BCUT2D eigenvalue weighted by molar-refractivity contribution is -0.166. The summed E-state index contributed by atoms with van der Waals surface area (Å²) >= 11 is 0. The Balaban J connectivity index is 1.10. The van der Waals surface area contributed by atoms with E-state index in [4.69, 9.17) is 9.47 Å². The van der Waals surface area contributed by atoms with Gasteiger partial charge in [0.25, 0.3) is 0 Å². The Labute approximate surface area is 243 Å². The summed E-state index contributed by atoms with van der Waals surface area (Å²) in [7, 11) is 0. The summed E-state index contributed by atoms with van der Waals surface area (Å²) in [5.74, 6) is 2.96. The average Bonchev–Trinajstić information content (AvgIpc) is 3.38. The van der Waals surface area contributed by atoms with E-state index < -0.39 is 6.29 Å². The number of rotatable bonds is 19. The van der Waals surface area contributed by atoms with Crippen LogP contribution in [0.15, 0.2) is 30.3 Å². The number of fused-ring (bicyclic) bond motifs is 1. The fourth-order valence-electron chi connectivity index (χ4n) is 8.14. The molecule has 1 aromatic carbocycles. The number of nitrogens with zero attached hydrogens (tertiary/aromatic N) is 1. The molecule has 0 heterocycles. The maximum Gasteiger partial charge on any atom is 0.413 e. The van der Waals surface area contributed by atoms with E-state index in [-0.39, 0.29) is 18.1 Å². The zero-order chi connectivity index (χ0) is 28.3. The molecule has 1 aromatic rings. The number of likely N-dealkylation sites (N-methyl/N-ethyl adjacent to an activating group) is 1. The summed E-state index contributed by atoms with van der Waals surface area (Å²) in [5, 5.41) is 0. The third-order valence-electron chi connectivity index (χ3n) is 10.0. The monoisotopic (exact) mass is 553 g/mol. The second-order valence-corrected chi connectivity index (χ2v) is 12.7. The Morgan fingerprint density at radius 3 is 1.95 bits per heavy atom. The van der Waals surface area contributed by atoms with Crippen molar-refractivity contribution >= 4 is 12.1 Å². The van der Waals surface area contributed by atoms with Gasteiger partial charge in [-0.25, -0.2) is 4.79 Å². The van der Waals surface area contributed by atoms with Crippen molar-refractivity contribution in [2.24, 2.45) is 23.7 Å². The number of benzene rings is 1. The van der Waals surface area contributed by atoms with Crippen LogP contribution in [0.1, 0.15) is 135 Å². The van der Waals surface area contributed by atoms with Gasteiger partial charge in [0, 0.05) is 31.8 Å². The first kappa shape index (κ1) is 30.9. The highest BCUT2D eigenvalue weighted by Gasteiger charge is 2.70. The summed E-state index contributed by atoms with van der Waals surface area (Å²) in [5.41, 5.74) is 1.35. The topological polar surface area (TPSA) is 55.8 Å². The molecule has 5 heteroatoms. The molecule has 7 atom stereocenters. The van der Waals surface area contributed by atoms with E-state index in [1.165, 1.54) is 89.0 Å². The number of unbranched alkanes of at least 4 members (excludes halogenated alkanes) is 12. The summed E-state index contributed by atoms with van der Waals surface area (Å²) in [6, 6.07) is 10.9. The Bertz CT molecular complexity index is 904. The van der Waals surface area contributed by atoms with Crippen molar-refractivity contribution in [1.82, 2.24) is 4.90 Å². The lowest BCUT2D eigenvalue weighted by Gasteiger charge is -2.37. The van der Waals surface area contributed by atoms with Crippen molar-refractivity contribution in [3.05, 3.63) is 35.9 Å². The fourth-order valence-corrected chi connectivity index (χ4v) is 8.14. The zero-order valence-electron chi connectivity index (χ0n) is 25.5. The summed E-state index contributed by atoms with van der Waals surface area (Å²) < 4.78 is 11.2. The van der Waals surface area contributed by atoms with Crippen molar-refractivity contribution in [3.63, 3.8) is 0 Å². The average molecular weight is 554 g/mol. The van der Waals surface area contributed by atoms with Crippen molar-refractivity contribution < 1.29 is 19.1 Å². The third-order valence-corrected chi connectivity index (χ3v) is 10.0. The van der Waals surface area contributed by atoms with Gasteiger partial charge in [0.1, 0.15) is 0 Å². The highest BCUT2D eigenvalue weighted by Crippen LogP contribution is 2.73. The van der Waals surface area contributed by atoms with Crippen LogP contribution in [-0.2, 0) is 14.3 Å². The SMILES string of the molecule is CCCCCCCCCCCCCCCC(=O)OC(C)OC(=O)N(CC)C1C2CCC3C2C3C1c1ccccc1. The Hall–Kier alpha value is -2.04. The van der Waals surface area contributed by atoms with Crippen LogP contribution < -0.4 is 0 Å². The number of hydrogen-bond acceptors (Lipinski definition) is 4. The van der Waals surface area contributed by atoms with Gasteiger partial charge in [-0.1, -0.05) is 114 Å². The molecular formula is C35H55NO4. The molecule has 40 heavy (non-hydrogen) atoms. The van der Waals surface area contributed by atoms with Crippen LogP contribution in [0.2, 0.25) is 0 Å². The van der Waals surface area contributed by atoms with Crippen molar-refractivity contribution in [1.29, 1.82) is 0 Å². The summed E-state index contributed by atoms with van der Waals surface area (Å²) in [6.07, 6.45) is 18.3. The first-order chi connectivity index (χ1) is 19.6. The molecule has 5 nitrogen and oxygen atoms in total. The number of amides is 1. The number of ether oxygens (including phenoxy) is 2. The zero-order valence-corrected chi connectivity index (χ0v) is 25.5. The highest BCUT2D eigenvalue weighted by atomic mass is 16.7. The third kappa shape index (κ3) is 8.03. The van der Waals surface area contributed by atoms with E-state index in [2.05, 4.69) is 37.3 Å². The van der Waals surface area contributed by atoms with Crippen molar-refractivity contribution in [3.8, 4) is 0 Å². The minimum absolute atomic E-state index is 0.169. The molecule has 0 aliphatic heterocycles. The molecule has 0 spiro atoms. The van der Waals surface area contributed by atoms with E-state index in [0.717, 1.165) is 24.7 Å². The second kappa shape index (κ2) is 15.8. The van der Waals surface area contributed by atoms with Crippen LogP contribution in [-0.4, -0.2) is 35.8 Å². The highest BCUT2D eigenvalue weighted by molar-refractivity contribution is 5.71. The molecule has 0 N–H and O–H groups in total. The number of hydrogen-bond donors (Lipinski definition) is 0. The summed E-state index contributed by atoms with van der Waals surface area (Å²) in [4.78, 5) is 27.6. The lowest BCUT2D eigenvalue weighted by Crippen LogP contribution is -2.47. The molecule has 0 aromatic heterocycles. The van der Waals surface area contributed by atoms with Gasteiger partial charge < -0.3 is 14.4 Å². The standard InChI is InChI=1S/C35H55NO4/c1-4-6-7-8-9-10-11-12-13-14-15-16-20-23-30(37)39-26(3)40-35(38)36(5-2)34-29-25-24-28-32(29)33(28)31(34)27-21-18-17-19-22-27/h17-19,21-22,26,28-29,31-34H,4-16,20,23-25H2,1-3H3. The molecule has 3 aliphatic rings. The molecule has 3 saturated carbocycles. The van der Waals surface area contributed by atoms with Crippen LogP contribution in [0.25, 0.3) is 0 Å². The lowest BCUT2D eigenvalue weighted by atomic mass is 9.85. The Morgan fingerprint density at radius 1 is 0.775 bits per heavy atom. The maximum absolute atomic E-state index is 13.3. The first-order valence-corrected chi connectivity index (χ1v) is 16.8. The van der Waals surface area contributed by atoms with Gasteiger partial charge in [-0.3, -0.25) is 4.79 Å². The summed E-state index contributed by atoms with van der Waals surface area (Å²) in [6.45, 7) is 6.57. The van der Waals surface area contributed by atoms with E-state index in [9.17, 15) is 9.59 Å². The van der Waals surface area contributed by atoms with Gasteiger partial charge in [0.15, 0.2) is 0 Å².